The molecule has 0 bridgehead atoms. The maximum atomic E-state index is 12.3. The average Bonchev–Trinajstić information content (AvgIpc) is 2.34. The van der Waals surface area contributed by atoms with Crippen molar-refractivity contribution >= 4 is 10.0 Å². The smallest absolute Gasteiger partial charge is 0.240 e. The summed E-state index contributed by atoms with van der Waals surface area (Å²) in [6, 6.07) is 6.34. The van der Waals surface area contributed by atoms with E-state index in [9.17, 15) is 13.5 Å². The summed E-state index contributed by atoms with van der Waals surface area (Å²) in [5.74, 6) is 0. The molecule has 0 heterocycles. The highest BCUT2D eigenvalue weighted by molar-refractivity contribution is 7.89. The summed E-state index contributed by atoms with van der Waals surface area (Å²) in [5.41, 5.74) is -0.267. The van der Waals surface area contributed by atoms with Crippen molar-refractivity contribution in [3.8, 4) is 6.07 Å². The third kappa shape index (κ3) is 5.10. The van der Waals surface area contributed by atoms with E-state index in [4.69, 9.17) is 5.26 Å². The number of nitrogens with zero attached hydrogens (tertiary/aromatic N) is 2. The Bertz CT molecular complexity index is 646. The quantitative estimate of drug-likeness (QED) is 0.796. The molecule has 0 amide bonds. The van der Waals surface area contributed by atoms with E-state index in [-0.39, 0.29) is 11.4 Å². The van der Waals surface area contributed by atoms with Gasteiger partial charge in [-0.2, -0.15) is 5.26 Å². The summed E-state index contributed by atoms with van der Waals surface area (Å²) in [4.78, 5) is 1.89. The number of sulfonamides is 1. The van der Waals surface area contributed by atoms with Crippen molar-refractivity contribution in [2.75, 3.05) is 27.2 Å². The molecule has 6 nitrogen and oxygen atoms in total. The van der Waals surface area contributed by atoms with Gasteiger partial charge >= 0.3 is 0 Å². The summed E-state index contributed by atoms with van der Waals surface area (Å²) in [7, 11) is -0.124. The van der Waals surface area contributed by atoms with E-state index in [2.05, 4.69) is 4.72 Å². The molecule has 1 unspecified atom stereocenters. The second-order valence-corrected chi connectivity index (χ2v) is 7.39. The van der Waals surface area contributed by atoms with Gasteiger partial charge in [0.15, 0.2) is 0 Å². The first-order valence-corrected chi connectivity index (χ1v) is 7.93. The maximum Gasteiger partial charge on any atom is 0.240 e. The van der Waals surface area contributed by atoms with Crippen LogP contribution >= 0.6 is 0 Å². The first kappa shape index (κ1) is 17.6. The Morgan fingerprint density at radius 3 is 2.52 bits per heavy atom. The molecular formula is C14H21N3O3S. The molecule has 0 radical (unpaired) electrons. The Balaban J connectivity index is 2.91. The van der Waals surface area contributed by atoms with Gasteiger partial charge in [0.25, 0.3) is 0 Å². The Labute approximate surface area is 126 Å². The number of likely N-dealkylation sites (N-methyl/N-ethyl adjacent to an activating group) is 1. The maximum absolute atomic E-state index is 12.3. The predicted octanol–water partition coefficient (Wildman–Crippen LogP) is 0.458. The van der Waals surface area contributed by atoms with Crippen molar-refractivity contribution in [3.05, 3.63) is 29.3 Å². The molecule has 0 aromatic heterocycles. The Morgan fingerprint density at radius 1 is 1.43 bits per heavy atom. The zero-order valence-corrected chi connectivity index (χ0v) is 13.5. The summed E-state index contributed by atoms with van der Waals surface area (Å²) in [6.45, 7) is 3.45. The van der Waals surface area contributed by atoms with Crippen LogP contribution in [0.1, 0.15) is 18.1 Å². The lowest BCUT2D eigenvalue weighted by atomic mass is 10.1. The molecule has 0 aliphatic rings. The van der Waals surface area contributed by atoms with Gasteiger partial charge in [-0.3, -0.25) is 0 Å². The van der Waals surface area contributed by atoms with Gasteiger partial charge in [0.05, 0.1) is 22.1 Å². The SMILES string of the molecule is Cc1cc(C#N)ccc1S(=O)(=O)NCC(C)(O)CN(C)C. The Hall–Kier alpha value is -1.46. The molecule has 0 aliphatic heterocycles. The second kappa shape index (κ2) is 6.54. The van der Waals surface area contributed by atoms with Gasteiger partial charge in [0, 0.05) is 13.1 Å². The lowest BCUT2D eigenvalue weighted by Crippen LogP contribution is -2.47. The molecular weight excluding hydrogens is 290 g/mol. The number of aliphatic hydroxyl groups is 1. The predicted molar refractivity (Wildman–Crippen MR) is 80.3 cm³/mol. The number of hydrogen-bond acceptors (Lipinski definition) is 5. The molecule has 0 saturated carbocycles. The van der Waals surface area contributed by atoms with E-state index < -0.39 is 15.6 Å². The van der Waals surface area contributed by atoms with Crippen molar-refractivity contribution in [2.45, 2.75) is 24.3 Å². The van der Waals surface area contributed by atoms with Gasteiger partial charge in [-0.05, 0) is 51.7 Å². The van der Waals surface area contributed by atoms with Crippen LogP contribution in [-0.4, -0.2) is 51.2 Å². The number of benzene rings is 1. The minimum atomic E-state index is -3.72. The number of nitrogens with one attached hydrogen (secondary N) is 1. The number of aryl methyl sites for hydroxylation is 1. The van der Waals surface area contributed by atoms with Crippen molar-refractivity contribution in [1.82, 2.24) is 9.62 Å². The number of hydrogen-bond donors (Lipinski definition) is 2. The van der Waals surface area contributed by atoms with Gasteiger partial charge in [-0.1, -0.05) is 0 Å². The summed E-state index contributed by atoms with van der Waals surface area (Å²) in [5, 5.41) is 18.9. The van der Waals surface area contributed by atoms with Gasteiger partial charge in [0.1, 0.15) is 0 Å². The van der Waals surface area contributed by atoms with Gasteiger partial charge in [-0.15, -0.1) is 0 Å². The van der Waals surface area contributed by atoms with Crippen molar-refractivity contribution in [1.29, 1.82) is 5.26 Å². The average molecular weight is 311 g/mol. The fourth-order valence-electron chi connectivity index (χ4n) is 2.09. The van der Waals surface area contributed by atoms with E-state index >= 15 is 0 Å². The normalized spacial score (nSPS) is 14.7. The monoisotopic (exact) mass is 311 g/mol. The fraction of sp³-hybridized carbons (Fsp3) is 0.500. The minimum Gasteiger partial charge on any atom is -0.387 e. The van der Waals surface area contributed by atoms with Gasteiger partial charge in [0.2, 0.25) is 10.0 Å². The van der Waals surface area contributed by atoms with Crippen molar-refractivity contribution < 1.29 is 13.5 Å². The van der Waals surface area contributed by atoms with E-state index in [1.165, 1.54) is 18.2 Å². The molecule has 0 spiro atoms. The zero-order valence-electron chi connectivity index (χ0n) is 12.7. The van der Waals surface area contributed by atoms with Gasteiger partial charge < -0.3 is 10.0 Å². The Kier molecular flexibility index (Phi) is 5.48. The van der Waals surface area contributed by atoms with Crippen LogP contribution in [0.4, 0.5) is 0 Å². The number of nitriles is 1. The Morgan fingerprint density at radius 2 is 2.05 bits per heavy atom. The third-order valence-electron chi connectivity index (χ3n) is 2.89. The zero-order chi connectivity index (χ0) is 16.3. The molecule has 1 atom stereocenters. The highest BCUT2D eigenvalue weighted by Crippen LogP contribution is 2.17. The molecule has 7 heteroatoms. The molecule has 0 fully saturated rings. The lowest BCUT2D eigenvalue weighted by Gasteiger charge is -2.27. The van der Waals surface area contributed by atoms with E-state index in [0.29, 0.717) is 17.7 Å². The molecule has 0 aliphatic carbocycles. The topological polar surface area (TPSA) is 93.4 Å². The van der Waals surface area contributed by atoms with Crippen LogP contribution in [-0.2, 0) is 10.0 Å². The molecule has 1 aromatic carbocycles. The first-order valence-electron chi connectivity index (χ1n) is 6.45. The van der Waals surface area contributed by atoms with E-state index in [0.717, 1.165) is 0 Å². The summed E-state index contributed by atoms with van der Waals surface area (Å²) >= 11 is 0. The molecule has 21 heavy (non-hydrogen) atoms. The number of rotatable bonds is 6. The van der Waals surface area contributed by atoms with Crippen LogP contribution in [0.25, 0.3) is 0 Å². The molecule has 0 saturated heterocycles. The lowest BCUT2D eigenvalue weighted by molar-refractivity contribution is 0.0386. The van der Waals surface area contributed by atoms with Crippen LogP contribution in [0.3, 0.4) is 0 Å². The van der Waals surface area contributed by atoms with Gasteiger partial charge in [-0.25, -0.2) is 13.1 Å². The van der Waals surface area contributed by atoms with Crippen molar-refractivity contribution in [2.24, 2.45) is 0 Å². The summed E-state index contributed by atoms with van der Waals surface area (Å²) < 4.78 is 26.9. The molecule has 1 aromatic rings. The first-order chi connectivity index (χ1) is 9.57. The molecule has 2 N–H and O–H groups in total. The second-order valence-electron chi connectivity index (χ2n) is 5.65. The van der Waals surface area contributed by atoms with E-state index in [1.54, 1.807) is 32.8 Å². The molecule has 116 valence electrons. The van der Waals surface area contributed by atoms with Crippen LogP contribution in [0.15, 0.2) is 23.1 Å². The third-order valence-corrected chi connectivity index (χ3v) is 4.45. The van der Waals surface area contributed by atoms with Crippen molar-refractivity contribution in [3.63, 3.8) is 0 Å². The standard InChI is InChI=1S/C14H21N3O3S/c1-11-7-12(8-15)5-6-13(11)21(19,20)16-9-14(2,18)10-17(3)4/h5-7,16,18H,9-10H2,1-4H3. The molecule has 1 rings (SSSR count). The highest BCUT2D eigenvalue weighted by Gasteiger charge is 2.25. The van der Waals surface area contributed by atoms with Crippen LogP contribution < -0.4 is 4.72 Å². The van der Waals surface area contributed by atoms with Crippen LogP contribution in [0, 0.1) is 18.3 Å². The fourth-order valence-corrected chi connectivity index (χ4v) is 3.47. The largest absolute Gasteiger partial charge is 0.387 e. The highest BCUT2D eigenvalue weighted by atomic mass is 32.2. The van der Waals surface area contributed by atoms with E-state index in [1.807, 2.05) is 6.07 Å². The van der Waals surface area contributed by atoms with Crippen LogP contribution in [0.2, 0.25) is 0 Å². The van der Waals surface area contributed by atoms with Crippen LogP contribution in [0.5, 0.6) is 0 Å². The summed E-state index contributed by atoms with van der Waals surface area (Å²) in [6.07, 6.45) is 0. The minimum absolute atomic E-state index is 0.0903.